The Morgan fingerprint density at radius 1 is 1.24 bits per heavy atom. The molecule has 0 saturated heterocycles. The molecule has 1 aliphatic carbocycles. The van der Waals surface area contributed by atoms with Gasteiger partial charge in [0, 0.05) is 12.7 Å². The maximum atomic E-state index is 12.0. The van der Waals surface area contributed by atoms with Crippen molar-refractivity contribution >= 4 is 11.9 Å². The van der Waals surface area contributed by atoms with Crippen LogP contribution in [0.15, 0.2) is 42.6 Å². The smallest absolute Gasteiger partial charge is 0.311 e. The molecule has 0 spiro atoms. The van der Waals surface area contributed by atoms with E-state index < -0.39 is 11.4 Å². The number of carbonyl (C=O) groups excluding carboxylic acids is 1. The zero-order chi connectivity index (χ0) is 14.9. The minimum absolute atomic E-state index is 0.152. The fourth-order valence-corrected chi connectivity index (χ4v) is 2.13. The van der Waals surface area contributed by atoms with Crippen LogP contribution in [0.1, 0.15) is 23.3 Å². The molecule has 21 heavy (non-hydrogen) atoms. The topological polar surface area (TPSA) is 84.2 Å². The largest absolute Gasteiger partial charge is 0.481 e. The lowest BCUT2D eigenvalue weighted by Crippen LogP contribution is -2.34. The van der Waals surface area contributed by atoms with Crippen molar-refractivity contribution in [2.24, 2.45) is 5.41 Å². The van der Waals surface area contributed by atoms with Gasteiger partial charge in [-0.05, 0) is 31.0 Å². The van der Waals surface area contributed by atoms with Crippen LogP contribution in [-0.2, 0) is 4.79 Å². The van der Waals surface area contributed by atoms with Crippen molar-refractivity contribution in [1.82, 2.24) is 15.1 Å². The van der Waals surface area contributed by atoms with Crippen LogP contribution in [0.25, 0.3) is 5.69 Å². The number of benzene rings is 1. The third-order valence-corrected chi connectivity index (χ3v) is 3.74. The minimum Gasteiger partial charge on any atom is -0.481 e. The Bertz CT molecular complexity index is 674. The van der Waals surface area contributed by atoms with Crippen molar-refractivity contribution < 1.29 is 14.7 Å². The second-order valence-electron chi connectivity index (χ2n) is 5.25. The van der Waals surface area contributed by atoms with E-state index in [2.05, 4.69) is 10.4 Å². The van der Waals surface area contributed by atoms with Crippen LogP contribution in [0.3, 0.4) is 0 Å². The molecule has 0 radical (unpaired) electrons. The molecule has 1 aliphatic rings. The summed E-state index contributed by atoms with van der Waals surface area (Å²) in [7, 11) is 0. The van der Waals surface area contributed by atoms with Crippen molar-refractivity contribution in [1.29, 1.82) is 0 Å². The maximum absolute atomic E-state index is 12.0. The lowest BCUT2D eigenvalue weighted by atomic mass is 10.1. The van der Waals surface area contributed by atoms with Crippen LogP contribution in [-0.4, -0.2) is 33.3 Å². The first-order valence-electron chi connectivity index (χ1n) is 6.73. The highest BCUT2D eigenvalue weighted by molar-refractivity contribution is 5.92. The molecule has 0 atom stereocenters. The van der Waals surface area contributed by atoms with Gasteiger partial charge in [0.05, 0.1) is 11.1 Å². The summed E-state index contributed by atoms with van der Waals surface area (Å²) in [6.45, 7) is 0.152. The molecule has 3 rings (SSSR count). The van der Waals surface area contributed by atoms with Crippen LogP contribution in [0, 0.1) is 5.41 Å². The van der Waals surface area contributed by atoms with E-state index in [9.17, 15) is 9.59 Å². The zero-order valence-electron chi connectivity index (χ0n) is 11.3. The van der Waals surface area contributed by atoms with E-state index in [1.54, 1.807) is 16.9 Å². The Balaban J connectivity index is 1.66. The first kappa shape index (κ1) is 13.4. The number of rotatable bonds is 5. The number of hydrogen-bond acceptors (Lipinski definition) is 3. The SMILES string of the molecule is O=C(NCC1(C(=O)O)CC1)c1ccn(-c2ccccc2)n1. The number of para-hydroxylation sites is 1. The standard InChI is InChI=1S/C15H15N3O3/c19-13(16-10-15(7-8-15)14(20)21)12-6-9-18(17-12)11-4-2-1-3-5-11/h1-6,9H,7-8,10H2,(H,16,19)(H,20,21). The summed E-state index contributed by atoms with van der Waals surface area (Å²) in [4.78, 5) is 23.1. The molecule has 1 amide bonds. The monoisotopic (exact) mass is 285 g/mol. The number of carboxylic acids is 1. The average molecular weight is 285 g/mol. The number of hydrogen-bond donors (Lipinski definition) is 2. The van der Waals surface area contributed by atoms with Crippen molar-refractivity contribution in [3.63, 3.8) is 0 Å². The Labute approximate surface area is 121 Å². The summed E-state index contributed by atoms with van der Waals surface area (Å²) in [6, 6.07) is 11.1. The van der Waals surface area contributed by atoms with Gasteiger partial charge in [-0.2, -0.15) is 5.10 Å². The normalized spacial score (nSPS) is 15.4. The van der Waals surface area contributed by atoms with Gasteiger partial charge in [0.15, 0.2) is 5.69 Å². The van der Waals surface area contributed by atoms with E-state index in [1.807, 2.05) is 30.3 Å². The van der Waals surface area contributed by atoms with Gasteiger partial charge in [0.25, 0.3) is 5.91 Å². The molecule has 1 fully saturated rings. The van der Waals surface area contributed by atoms with Crippen LogP contribution in [0.5, 0.6) is 0 Å². The molecule has 108 valence electrons. The average Bonchev–Trinajstić information content (AvgIpc) is 3.14. The summed E-state index contributed by atoms with van der Waals surface area (Å²) in [5.41, 5.74) is 0.373. The summed E-state index contributed by atoms with van der Waals surface area (Å²) >= 11 is 0. The number of nitrogens with one attached hydrogen (secondary N) is 1. The molecule has 0 bridgehead atoms. The number of aliphatic carboxylic acids is 1. The van der Waals surface area contributed by atoms with Crippen LogP contribution in [0.2, 0.25) is 0 Å². The molecule has 2 N–H and O–H groups in total. The lowest BCUT2D eigenvalue weighted by molar-refractivity contribution is -0.143. The molecule has 0 unspecified atom stereocenters. The molecule has 1 aromatic heterocycles. The fourth-order valence-electron chi connectivity index (χ4n) is 2.13. The Morgan fingerprint density at radius 3 is 2.57 bits per heavy atom. The summed E-state index contributed by atoms with van der Waals surface area (Å²) in [5, 5.41) is 15.9. The fraction of sp³-hybridized carbons (Fsp3) is 0.267. The first-order valence-corrected chi connectivity index (χ1v) is 6.73. The number of amides is 1. The number of carbonyl (C=O) groups is 2. The molecular weight excluding hydrogens is 270 g/mol. The first-order chi connectivity index (χ1) is 10.1. The van der Waals surface area contributed by atoms with Crippen LogP contribution in [0.4, 0.5) is 0 Å². The Kier molecular flexibility index (Phi) is 3.21. The van der Waals surface area contributed by atoms with E-state index in [-0.39, 0.29) is 18.1 Å². The zero-order valence-corrected chi connectivity index (χ0v) is 11.3. The molecule has 2 aromatic rings. The Morgan fingerprint density at radius 2 is 1.95 bits per heavy atom. The second kappa shape index (κ2) is 5.05. The third kappa shape index (κ3) is 2.65. The van der Waals surface area contributed by atoms with Gasteiger partial charge in [0.1, 0.15) is 0 Å². The molecule has 6 nitrogen and oxygen atoms in total. The third-order valence-electron chi connectivity index (χ3n) is 3.74. The van der Waals surface area contributed by atoms with Gasteiger partial charge < -0.3 is 10.4 Å². The van der Waals surface area contributed by atoms with Crippen molar-refractivity contribution in [2.45, 2.75) is 12.8 Å². The number of nitrogens with zero attached hydrogens (tertiary/aromatic N) is 2. The van der Waals surface area contributed by atoms with Gasteiger partial charge >= 0.3 is 5.97 Å². The number of carboxylic acid groups (broad SMARTS) is 1. The van der Waals surface area contributed by atoms with E-state index in [1.165, 1.54) is 0 Å². The molecule has 1 heterocycles. The molecule has 1 aromatic carbocycles. The molecular formula is C15H15N3O3. The minimum atomic E-state index is -0.849. The van der Waals surface area contributed by atoms with Crippen molar-refractivity contribution in [3.8, 4) is 5.69 Å². The predicted octanol–water partition coefficient (Wildman–Crippen LogP) is 1.47. The van der Waals surface area contributed by atoms with Gasteiger partial charge in [-0.15, -0.1) is 0 Å². The van der Waals surface area contributed by atoms with Gasteiger partial charge in [0.2, 0.25) is 0 Å². The van der Waals surface area contributed by atoms with Crippen molar-refractivity contribution in [3.05, 3.63) is 48.3 Å². The molecule has 1 saturated carbocycles. The summed E-state index contributed by atoms with van der Waals surface area (Å²) < 4.78 is 1.61. The van der Waals surface area contributed by atoms with E-state index in [0.29, 0.717) is 12.8 Å². The predicted molar refractivity (Wildman–Crippen MR) is 75.2 cm³/mol. The van der Waals surface area contributed by atoms with Crippen LogP contribution >= 0.6 is 0 Å². The Hall–Kier alpha value is -2.63. The second-order valence-corrected chi connectivity index (χ2v) is 5.25. The van der Waals surface area contributed by atoms with E-state index >= 15 is 0 Å². The maximum Gasteiger partial charge on any atom is 0.311 e. The van der Waals surface area contributed by atoms with Gasteiger partial charge in [-0.1, -0.05) is 18.2 Å². The highest BCUT2D eigenvalue weighted by Crippen LogP contribution is 2.45. The van der Waals surface area contributed by atoms with Gasteiger partial charge in [-0.3, -0.25) is 9.59 Å². The van der Waals surface area contributed by atoms with Crippen LogP contribution < -0.4 is 5.32 Å². The summed E-state index contributed by atoms with van der Waals surface area (Å²) in [5.74, 6) is -1.20. The molecule has 6 heteroatoms. The summed E-state index contributed by atoms with van der Waals surface area (Å²) in [6.07, 6.45) is 2.93. The quantitative estimate of drug-likeness (QED) is 0.871. The van der Waals surface area contributed by atoms with E-state index in [4.69, 9.17) is 5.11 Å². The highest BCUT2D eigenvalue weighted by atomic mass is 16.4. The lowest BCUT2D eigenvalue weighted by Gasteiger charge is -2.09. The van der Waals surface area contributed by atoms with Crippen molar-refractivity contribution in [2.75, 3.05) is 6.54 Å². The van der Waals surface area contributed by atoms with Gasteiger partial charge in [-0.25, -0.2) is 4.68 Å². The number of aromatic nitrogens is 2. The highest BCUT2D eigenvalue weighted by Gasteiger charge is 2.50. The van der Waals surface area contributed by atoms with E-state index in [0.717, 1.165) is 5.69 Å². The molecule has 0 aliphatic heterocycles.